The SMILES string of the molecule is CCN(CC(=O)NC(C)C)C(=O)CCN1C(=O)[C@@H](C)Oc2ccccc21. The molecule has 1 N–H and O–H groups in total. The van der Waals surface area contributed by atoms with Gasteiger partial charge in [-0.25, -0.2) is 0 Å². The van der Waals surface area contributed by atoms with Gasteiger partial charge in [0.15, 0.2) is 6.10 Å². The summed E-state index contributed by atoms with van der Waals surface area (Å²) < 4.78 is 5.60. The van der Waals surface area contributed by atoms with Crippen LogP contribution in [-0.2, 0) is 14.4 Å². The zero-order valence-electron chi connectivity index (χ0n) is 15.8. The second kappa shape index (κ2) is 8.69. The van der Waals surface area contributed by atoms with Crippen LogP contribution in [0.1, 0.15) is 34.1 Å². The van der Waals surface area contributed by atoms with Crippen LogP contribution in [0.4, 0.5) is 5.69 Å². The van der Waals surface area contributed by atoms with Gasteiger partial charge >= 0.3 is 0 Å². The predicted octanol–water partition coefficient (Wildman–Crippen LogP) is 1.56. The van der Waals surface area contributed by atoms with Crippen molar-refractivity contribution in [2.75, 3.05) is 24.5 Å². The largest absolute Gasteiger partial charge is 0.479 e. The summed E-state index contributed by atoms with van der Waals surface area (Å²) >= 11 is 0. The molecular weight excluding hydrogens is 334 g/mol. The number of carbonyl (C=O) groups excluding carboxylic acids is 3. The number of hydrogen-bond acceptors (Lipinski definition) is 4. The summed E-state index contributed by atoms with van der Waals surface area (Å²) in [4.78, 5) is 40.0. The number of amides is 3. The monoisotopic (exact) mass is 361 g/mol. The van der Waals surface area contributed by atoms with E-state index >= 15 is 0 Å². The lowest BCUT2D eigenvalue weighted by atomic mass is 10.1. The van der Waals surface area contributed by atoms with Gasteiger partial charge in [-0.15, -0.1) is 0 Å². The third-order valence-electron chi connectivity index (χ3n) is 4.14. The summed E-state index contributed by atoms with van der Waals surface area (Å²) in [7, 11) is 0. The maximum Gasteiger partial charge on any atom is 0.267 e. The van der Waals surface area contributed by atoms with Gasteiger partial charge in [-0.1, -0.05) is 12.1 Å². The third kappa shape index (κ3) is 4.74. The van der Waals surface area contributed by atoms with Crippen molar-refractivity contribution in [1.82, 2.24) is 10.2 Å². The van der Waals surface area contributed by atoms with E-state index in [0.717, 1.165) is 0 Å². The van der Waals surface area contributed by atoms with Crippen LogP contribution in [0.25, 0.3) is 0 Å². The third-order valence-corrected chi connectivity index (χ3v) is 4.14. The Morgan fingerprint density at radius 3 is 2.65 bits per heavy atom. The summed E-state index contributed by atoms with van der Waals surface area (Å²) in [6.07, 6.45) is -0.436. The zero-order valence-corrected chi connectivity index (χ0v) is 15.8. The molecule has 2 rings (SSSR count). The fraction of sp³-hybridized carbons (Fsp3) is 0.526. The Bertz CT molecular complexity index is 675. The number of fused-ring (bicyclic) bond motifs is 1. The molecule has 1 heterocycles. The van der Waals surface area contributed by atoms with Crippen molar-refractivity contribution in [2.24, 2.45) is 0 Å². The molecule has 0 unspecified atom stereocenters. The molecule has 0 aromatic heterocycles. The molecule has 7 heteroatoms. The zero-order chi connectivity index (χ0) is 19.3. The van der Waals surface area contributed by atoms with Gasteiger partial charge in [0.25, 0.3) is 5.91 Å². The summed E-state index contributed by atoms with van der Waals surface area (Å²) in [5, 5.41) is 2.78. The number of rotatable bonds is 7. The first-order chi connectivity index (χ1) is 12.3. The average molecular weight is 361 g/mol. The van der Waals surface area contributed by atoms with E-state index < -0.39 is 6.10 Å². The highest BCUT2D eigenvalue weighted by Gasteiger charge is 2.31. The first-order valence-corrected chi connectivity index (χ1v) is 8.97. The molecule has 0 fully saturated rings. The van der Waals surface area contributed by atoms with Gasteiger partial charge < -0.3 is 19.9 Å². The van der Waals surface area contributed by atoms with Crippen LogP contribution >= 0.6 is 0 Å². The number of nitrogens with one attached hydrogen (secondary N) is 1. The van der Waals surface area contributed by atoms with Gasteiger partial charge in [0, 0.05) is 25.6 Å². The molecule has 0 aliphatic carbocycles. The van der Waals surface area contributed by atoms with E-state index in [9.17, 15) is 14.4 Å². The molecule has 1 aromatic rings. The number of likely N-dealkylation sites (N-methyl/N-ethyl adjacent to an activating group) is 1. The molecule has 0 saturated heterocycles. The topological polar surface area (TPSA) is 79.0 Å². The fourth-order valence-corrected chi connectivity index (χ4v) is 2.87. The van der Waals surface area contributed by atoms with Crippen molar-refractivity contribution < 1.29 is 19.1 Å². The Labute approximate surface area is 154 Å². The smallest absolute Gasteiger partial charge is 0.267 e. The number of carbonyl (C=O) groups is 3. The van der Waals surface area contributed by atoms with Crippen LogP contribution in [0, 0.1) is 0 Å². The maximum atomic E-state index is 12.5. The van der Waals surface area contributed by atoms with Crippen LogP contribution in [0.3, 0.4) is 0 Å². The van der Waals surface area contributed by atoms with Crippen molar-refractivity contribution in [3.63, 3.8) is 0 Å². The molecule has 0 saturated carbocycles. The standard InChI is InChI=1S/C19H27N3O4/c1-5-21(12-17(23)20-13(2)3)18(24)10-11-22-15-8-6-7-9-16(15)26-14(4)19(22)25/h6-9,13-14H,5,10-12H2,1-4H3,(H,20,23)/t14-/m1/s1. The molecule has 26 heavy (non-hydrogen) atoms. The highest BCUT2D eigenvalue weighted by Crippen LogP contribution is 2.33. The van der Waals surface area contributed by atoms with E-state index in [4.69, 9.17) is 4.74 Å². The Kier molecular flexibility index (Phi) is 6.60. The predicted molar refractivity (Wildman–Crippen MR) is 99.0 cm³/mol. The number of nitrogens with zero attached hydrogens (tertiary/aromatic N) is 2. The molecule has 7 nitrogen and oxygen atoms in total. The van der Waals surface area contributed by atoms with Gasteiger partial charge in [0.2, 0.25) is 11.8 Å². The van der Waals surface area contributed by atoms with Crippen LogP contribution in [0.2, 0.25) is 0 Å². The lowest BCUT2D eigenvalue weighted by molar-refractivity contribution is -0.136. The molecule has 1 aliphatic rings. The average Bonchev–Trinajstić information content (AvgIpc) is 2.59. The second-order valence-electron chi connectivity index (χ2n) is 6.60. The lowest BCUT2D eigenvalue weighted by Gasteiger charge is -2.33. The highest BCUT2D eigenvalue weighted by atomic mass is 16.5. The van der Waals surface area contributed by atoms with E-state index in [-0.39, 0.29) is 43.3 Å². The van der Waals surface area contributed by atoms with Crippen molar-refractivity contribution in [3.8, 4) is 5.75 Å². The van der Waals surface area contributed by atoms with Crippen LogP contribution in [0.15, 0.2) is 24.3 Å². The molecule has 1 aromatic carbocycles. The molecule has 1 aliphatic heterocycles. The normalized spacial score (nSPS) is 16.1. The van der Waals surface area contributed by atoms with E-state index in [0.29, 0.717) is 18.0 Å². The minimum absolute atomic E-state index is 0.0254. The van der Waals surface area contributed by atoms with Crippen molar-refractivity contribution in [1.29, 1.82) is 0 Å². The quantitative estimate of drug-likeness (QED) is 0.799. The molecule has 1 atom stereocenters. The van der Waals surface area contributed by atoms with Crippen molar-refractivity contribution >= 4 is 23.4 Å². The van der Waals surface area contributed by atoms with Crippen molar-refractivity contribution in [2.45, 2.75) is 46.3 Å². The van der Waals surface area contributed by atoms with Gasteiger partial charge in [-0.05, 0) is 39.8 Å². The van der Waals surface area contributed by atoms with E-state index in [2.05, 4.69) is 5.32 Å². The first-order valence-electron chi connectivity index (χ1n) is 8.97. The Morgan fingerprint density at radius 1 is 1.31 bits per heavy atom. The van der Waals surface area contributed by atoms with Crippen molar-refractivity contribution in [3.05, 3.63) is 24.3 Å². The van der Waals surface area contributed by atoms with E-state index in [1.54, 1.807) is 17.9 Å². The lowest BCUT2D eigenvalue weighted by Crippen LogP contribution is -2.47. The Hall–Kier alpha value is -2.57. The maximum absolute atomic E-state index is 12.5. The van der Waals surface area contributed by atoms with Crippen LogP contribution < -0.4 is 15.0 Å². The van der Waals surface area contributed by atoms with E-state index in [1.807, 2.05) is 39.0 Å². The molecule has 0 bridgehead atoms. The molecule has 0 radical (unpaired) electrons. The van der Waals surface area contributed by atoms with Crippen LogP contribution in [0.5, 0.6) is 5.75 Å². The number of para-hydroxylation sites is 2. The van der Waals surface area contributed by atoms with Gasteiger partial charge in [-0.2, -0.15) is 0 Å². The number of anilines is 1. The fourth-order valence-electron chi connectivity index (χ4n) is 2.87. The van der Waals surface area contributed by atoms with Gasteiger partial charge in [0.05, 0.1) is 12.2 Å². The number of ether oxygens (including phenoxy) is 1. The first kappa shape index (κ1) is 19.8. The number of benzene rings is 1. The van der Waals surface area contributed by atoms with Gasteiger partial charge in [0.1, 0.15) is 5.75 Å². The summed E-state index contributed by atoms with van der Waals surface area (Å²) in [5.74, 6) is 0.125. The minimum Gasteiger partial charge on any atom is -0.479 e. The molecule has 0 spiro atoms. The minimum atomic E-state index is -0.584. The Balaban J connectivity index is 2.01. The summed E-state index contributed by atoms with van der Waals surface area (Å²) in [6, 6.07) is 7.31. The van der Waals surface area contributed by atoms with Gasteiger partial charge in [-0.3, -0.25) is 14.4 Å². The number of hydrogen-bond donors (Lipinski definition) is 1. The molecular formula is C19H27N3O4. The van der Waals surface area contributed by atoms with E-state index in [1.165, 1.54) is 4.90 Å². The Morgan fingerprint density at radius 2 is 2.00 bits per heavy atom. The summed E-state index contributed by atoms with van der Waals surface area (Å²) in [6.45, 7) is 7.99. The molecule has 3 amide bonds. The van der Waals surface area contributed by atoms with Crippen LogP contribution in [-0.4, -0.2) is 54.4 Å². The highest BCUT2D eigenvalue weighted by molar-refractivity contribution is 6.00. The summed E-state index contributed by atoms with van der Waals surface area (Å²) in [5.41, 5.74) is 0.670. The molecule has 142 valence electrons. The second-order valence-corrected chi connectivity index (χ2v) is 6.60.